The van der Waals surface area contributed by atoms with Crippen molar-refractivity contribution in [3.05, 3.63) is 52.1 Å². The number of anilines is 1. The highest BCUT2D eigenvalue weighted by Gasteiger charge is 2.19. The fraction of sp³-hybridized carbons (Fsp3) is 0.154. The van der Waals surface area contributed by atoms with Gasteiger partial charge in [0.05, 0.1) is 4.92 Å². The highest BCUT2D eigenvalue weighted by molar-refractivity contribution is 5.48. The summed E-state index contributed by atoms with van der Waals surface area (Å²) in [5, 5.41) is 13.5. The van der Waals surface area contributed by atoms with Gasteiger partial charge in [0.15, 0.2) is 17.5 Å². The van der Waals surface area contributed by atoms with Crippen LogP contribution in [0.3, 0.4) is 0 Å². The zero-order valence-electron chi connectivity index (χ0n) is 11.0. The number of nitro benzene ring substituents is 1. The summed E-state index contributed by atoms with van der Waals surface area (Å²) in [4.78, 5) is 13.8. The van der Waals surface area contributed by atoms with Gasteiger partial charge in [-0.25, -0.2) is 8.78 Å². The summed E-state index contributed by atoms with van der Waals surface area (Å²) in [6.45, 7) is 2.09. The molecule has 0 aliphatic carbocycles. The van der Waals surface area contributed by atoms with Gasteiger partial charge in [-0.1, -0.05) is 12.1 Å². The largest absolute Gasteiger partial charge is 0.429 e. The normalized spacial score (nSPS) is 10.2. The van der Waals surface area contributed by atoms with E-state index >= 15 is 0 Å². The van der Waals surface area contributed by atoms with Crippen molar-refractivity contribution < 1.29 is 18.4 Å². The molecule has 1 aromatic heterocycles. The monoisotopic (exact) mass is 295 g/mol. The van der Waals surface area contributed by atoms with Crippen LogP contribution in [-0.4, -0.2) is 16.5 Å². The molecule has 110 valence electrons. The van der Waals surface area contributed by atoms with Crippen molar-refractivity contribution in [3.63, 3.8) is 0 Å². The number of nitro groups is 1. The van der Waals surface area contributed by atoms with Crippen molar-refractivity contribution in [1.82, 2.24) is 4.98 Å². The van der Waals surface area contributed by atoms with Crippen molar-refractivity contribution >= 4 is 11.5 Å². The van der Waals surface area contributed by atoms with Crippen LogP contribution >= 0.6 is 0 Å². The SMILES string of the molecule is CCNc1nc(Oc2ccccc2[N+](=O)[O-])c(F)cc1F. The molecule has 0 atom stereocenters. The molecule has 1 aromatic carbocycles. The van der Waals surface area contributed by atoms with Gasteiger partial charge < -0.3 is 10.1 Å². The molecule has 0 aliphatic heterocycles. The molecule has 0 spiro atoms. The molecule has 2 aromatic rings. The fourth-order valence-electron chi connectivity index (χ4n) is 1.61. The predicted octanol–water partition coefficient (Wildman–Crippen LogP) is 3.49. The lowest BCUT2D eigenvalue weighted by atomic mass is 10.3. The lowest BCUT2D eigenvalue weighted by Crippen LogP contribution is -2.05. The van der Waals surface area contributed by atoms with E-state index < -0.39 is 22.4 Å². The number of ether oxygens (including phenoxy) is 1. The summed E-state index contributed by atoms with van der Waals surface area (Å²) in [6, 6.07) is 6.06. The molecular formula is C13H11F2N3O3. The number of pyridine rings is 1. The number of halogens is 2. The number of benzene rings is 1. The van der Waals surface area contributed by atoms with E-state index in [1.807, 2.05) is 0 Å². The van der Waals surface area contributed by atoms with Crippen molar-refractivity contribution in [1.29, 1.82) is 0 Å². The van der Waals surface area contributed by atoms with Crippen LogP contribution in [0.1, 0.15) is 6.92 Å². The molecule has 0 saturated carbocycles. The maximum absolute atomic E-state index is 13.7. The van der Waals surface area contributed by atoms with Crippen LogP contribution in [0.15, 0.2) is 30.3 Å². The number of hydrogen-bond donors (Lipinski definition) is 1. The van der Waals surface area contributed by atoms with Gasteiger partial charge in [-0.2, -0.15) is 4.98 Å². The van der Waals surface area contributed by atoms with Gasteiger partial charge in [0.1, 0.15) is 0 Å². The Morgan fingerprint density at radius 3 is 2.71 bits per heavy atom. The number of para-hydroxylation sites is 2. The maximum atomic E-state index is 13.7. The minimum atomic E-state index is -1.05. The lowest BCUT2D eigenvalue weighted by Gasteiger charge is -2.09. The molecule has 1 N–H and O–H groups in total. The highest BCUT2D eigenvalue weighted by atomic mass is 19.1. The summed E-state index contributed by atoms with van der Waals surface area (Å²) in [7, 11) is 0. The van der Waals surface area contributed by atoms with Crippen molar-refractivity contribution in [2.45, 2.75) is 6.92 Å². The van der Waals surface area contributed by atoms with E-state index in [2.05, 4.69) is 10.3 Å². The van der Waals surface area contributed by atoms with E-state index in [4.69, 9.17) is 4.74 Å². The molecule has 21 heavy (non-hydrogen) atoms. The van der Waals surface area contributed by atoms with E-state index in [-0.39, 0.29) is 17.3 Å². The Morgan fingerprint density at radius 1 is 1.33 bits per heavy atom. The van der Waals surface area contributed by atoms with E-state index in [1.54, 1.807) is 6.92 Å². The minimum Gasteiger partial charge on any atom is -0.429 e. The van der Waals surface area contributed by atoms with Crippen LogP contribution in [0.5, 0.6) is 11.6 Å². The Labute approximate surface area is 118 Å². The zero-order valence-corrected chi connectivity index (χ0v) is 11.0. The molecule has 8 heteroatoms. The number of aromatic nitrogens is 1. The molecule has 2 rings (SSSR count). The first-order valence-electron chi connectivity index (χ1n) is 6.04. The van der Waals surface area contributed by atoms with Crippen LogP contribution in [0.4, 0.5) is 20.3 Å². The Hall–Kier alpha value is -2.77. The van der Waals surface area contributed by atoms with Crippen LogP contribution in [0.2, 0.25) is 0 Å². The van der Waals surface area contributed by atoms with Crippen LogP contribution in [-0.2, 0) is 0 Å². The third-order valence-electron chi connectivity index (χ3n) is 2.51. The Morgan fingerprint density at radius 2 is 2.05 bits per heavy atom. The van der Waals surface area contributed by atoms with Gasteiger partial charge in [0, 0.05) is 18.7 Å². The molecule has 0 bridgehead atoms. The number of hydrogen-bond acceptors (Lipinski definition) is 5. The number of nitrogens with one attached hydrogen (secondary N) is 1. The second-order valence-electron chi connectivity index (χ2n) is 3.96. The van der Waals surface area contributed by atoms with Crippen LogP contribution in [0.25, 0.3) is 0 Å². The second kappa shape index (κ2) is 6.12. The van der Waals surface area contributed by atoms with Crippen molar-refractivity contribution in [2.75, 3.05) is 11.9 Å². The zero-order chi connectivity index (χ0) is 15.4. The van der Waals surface area contributed by atoms with E-state index in [0.29, 0.717) is 12.6 Å². The van der Waals surface area contributed by atoms with Gasteiger partial charge in [0.25, 0.3) is 5.88 Å². The summed E-state index contributed by atoms with van der Waals surface area (Å²) < 4.78 is 32.2. The van der Waals surface area contributed by atoms with E-state index in [9.17, 15) is 18.9 Å². The molecule has 0 amide bonds. The average molecular weight is 295 g/mol. The minimum absolute atomic E-state index is 0.178. The summed E-state index contributed by atoms with van der Waals surface area (Å²) in [5.41, 5.74) is -0.340. The Balaban J connectivity index is 2.40. The third kappa shape index (κ3) is 3.22. The average Bonchev–Trinajstić information content (AvgIpc) is 2.44. The van der Waals surface area contributed by atoms with Crippen LogP contribution in [0, 0.1) is 21.7 Å². The standard InChI is InChI=1S/C13H11F2N3O3/c1-2-16-12-8(14)7-9(15)13(17-12)21-11-6-4-3-5-10(11)18(19)20/h3-7H,2H2,1H3,(H,16,17). The Kier molecular flexibility index (Phi) is 4.27. The van der Waals surface area contributed by atoms with Crippen LogP contribution < -0.4 is 10.1 Å². The summed E-state index contributed by atoms with van der Waals surface area (Å²) in [6.07, 6.45) is 0. The molecule has 1 heterocycles. The van der Waals surface area contributed by atoms with E-state index in [0.717, 1.165) is 0 Å². The first-order chi connectivity index (χ1) is 10.0. The number of nitrogens with zero attached hydrogens (tertiary/aromatic N) is 2. The molecule has 0 fully saturated rings. The smallest absolute Gasteiger partial charge is 0.311 e. The first-order valence-corrected chi connectivity index (χ1v) is 6.04. The van der Waals surface area contributed by atoms with Gasteiger partial charge in [-0.3, -0.25) is 10.1 Å². The highest BCUT2D eigenvalue weighted by Crippen LogP contribution is 2.32. The maximum Gasteiger partial charge on any atom is 0.311 e. The topological polar surface area (TPSA) is 77.3 Å². The first kappa shape index (κ1) is 14.6. The molecule has 0 saturated heterocycles. The van der Waals surface area contributed by atoms with Crippen molar-refractivity contribution in [3.8, 4) is 11.6 Å². The predicted molar refractivity (Wildman–Crippen MR) is 71.5 cm³/mol. The van der Waals surface area contributed by atoms with Crippen molar-refractivity contribution in [2.24, 2.45) is 0 Å². The quantitative estimate of drug-likeness (QED) is 0.675. The molecule has 0 aliphatic rings. The van der Waals surface area contributed by atoms with Gasteiger partial charge >= 0.3 is 5.69 Å². The van der Waals surface area contributed by atoms with Gasteiger partial charge in [-0.15, -0.1) is 0 Å². The molecule has 0 unspecified atom stereocenters. The van der Waals surface area contributed by atoms with Gasteiger partial charge in [0.2, 0.25) is 5.75 Å². The number of rotatable bonds is 5. The van der Waals surface area contributed by atoms with Gasteiger partial charge in [-0.05, 0) is 13.0 Å². The molecular weight excluding hydrogens is 284 g/mol. The lowest BCUT2D eigenvalue weighted by molar-refractivity contribution is -0.385. The molecule has 6 nitrogen and oxygen atoms in total. The van der Waals surface area contributed by atoms with E-state index in [1.165, 1.54) is 24.3 Å². The second-order valence-corrected chi connectivity index (χ2v) is 3.96. The summed E-state index contributed by atoms with van der Waals surface area (Å²) >= 11 is 0. The Bertz CT molecular complexity index is 680. The molecule has 0 radical (unpaired) electrons. The fourth-order valence-corrected chi connectivity index (χ4v) is 1.61. The summed E-state index contributed by atoms with van der Waals surface area (Å²) in [5.74, 6) is -2.83. The third-order valence-corrected chi connectivity index (χ3v) is 2.51.